The second-order valence-corrected chi connectivity index (χ2v) is 7.08. The highest BCUT2D eigenvalue weighted by atomic mass is 16.6. The van der Waals surface area contributed by atoms with E-state index in [4.69, 9.17) is 4.74 Å². The van der Waals surface area contributed by atoms with Gasteiger partial charge in [-0.3, -0.25) is 0 Å². The molecule has 4 nitrogen and oxygen atoms in total. The first-order chi connectivity index (χ1) is 10.4. The zero-order chi connectivity index (χ0) is 15.7. The Morgan fingerprint density at radius 2 is 1.91 bits per heavy atom. The normalized spacial score (nSPS) is 16.0. The highest BCUT2D eigenvalue weighted by Gasteiger charge is 2.20. The first-order valence-corrected chi connectivity index (χ1v) is 8.03. The minimum Gasteiger partial charge on any atom is -0.410 e. The van der Waals surface area contributed by atoms with Gasteiger partial charge in [0.2, 0.25) is 0 Å². The Balaban J connectivity index is 1.79. The van der Waals surface area contributed by atoms with E-state index in [0.717, 1.165) is 31.3 Å². The van der Waals surface area contributed by atoms with E-state index in [-0.39, 0.29) is 11.5 Å². The third-order valence-corrected chi connectivity index (χ3v) is 4.23. The van der Waals surface area contributed by atoms with Crippen molar-refractivity contribution in [3.8, 4) is 5.75 Å². The number of hydrogen-bond acceptors (Lipinski definition) is 2. The van der Waals surface area contributed by atoms with Crippen LogP contribution in [0.3, 0.4) is 0 Å². The van der Waals surface area contributed by atoms with Crippen LogP contribution in [0.5, 0.6) is 5.75 Å². The minimum absolute atomic E-state index is 0.0632. The van der Waals surface area contributed by atoms with Crippen LogP contribution in [0, 0.1) is 0 Å². The van der Waals surface area contributed by atoms with Crippen molar-refractivity contribution in [2.45, 2.75) is 45.4 Å². The second-order valence-electron chi connectivity index (χ2n) is 7.08. The summed E-state index contributed by atoms with van der Waals surface area (Å²) in [5, 5.41) is 2.26. The van der Waals surface area contributed by atoms with Crippen molar-refractivity contribution in [3.63, 3.8) is 0 Å². The van der Waals surface area contributed by atoms with Gasteiger partial charge in [0.15, 0.2) is 0 Å². The maximum absolute atomic E-state index is 12.2. The standard InChI is InChI=1S/C18H24N2O2/c1-18(2,3)16-15-8-7-14(11-13(15)12-19-16)22-17(21)20-9-5-4-6-10-20/h7-8,11-12,19H,4-6,9-10H2,1-3H3. The van der Waals surface area contributed by atoms with E-state index in [1.54, 1.807) is 4.90 Å². The maximum Gasteiger partial charge on any atom is 0.415 e. The average Bonchev–Trinajstić information content (AvgIpc) is 2.91. The van der Waals surface area contributed by atoms with Gasteiger partial charge < -0.3 is 14.6 Å². The summed E-state index contributed by atoms with van der Waals surface area (Å²) in [6.45, 7) is 8.16. The Morgan fingerprint density at radius 3 is 2.59 bits per heavy atom. The Labute approximate surface area is 131 Å². The summed E-state index contributed by atoms with van der Waals surface area (Å²) in [5.74, 6) is 0.613. The van der Waals surface area contributed by atoms with Gasteiger partial charge >= 0.3 is 6.09 Å². The van der Waals surface area contributed by atoms with Gasteiger partial charge in [-0.15, -0.1) is 0 Å². The molecule has 22 heavy (non-hydrogen) atoms. The van der Waals surface area contributed by atoms with E-state index in [1.165, 1.54) is 17.5 Å². The number of likely N-dealkylation sites (tertiary alicyclic amines) is 1. The van der Waals surface area contributed by atoms with Crippen LogP contribution in [0.2, 0.25) is 0 Å². The number of rotatable bonds is 1. The molecule has 0 aliphatic carbocycles. The number of nitrogens with one attached hydrogen (secondary N) is 1. The quantitative estimate of drug-likeness (QED) is 0.845. The Bertz CT molecular complexity index is 676. The van der Waals surface area contributed by atoms with E-state index >= 15 is 0 Å². The van der Waals surface area contributed by atoms with Crippen molar-refractivity contribution in [1.82, 2.24) is 9.88 Å². The molecular weight excluding hydrogens is 276 g/mol. The maximum atomic E-state index is 12.2. The summed E-state index contributed by atoms with van der Waals surface area (Å²) in [7, 11) is 0. The first kappa shape index (κ1) is 14.9. The zero-order valence-corrected chi connectivity index (χ0v) is 13.6. The summed E-state index contributed by atoms with van der Waals surface area (Å²) in [6, 6.07) is 5.85. The number of fused-ring (bicyclic) bond motifs is 1. The number of carbonyl (C=O) groups is 1. The number of hydrogen-bond donors (Lipinski definition) is 1. The van der Waals surface area contributed by atoms with Crippen molar-refractivity contribution in [2.24, 2.45) is 0 Å². The number of aromatic nitrogens is 1. The summed E-state index contributed by atoms with van der Waals surface area (Å²) in [4.78, 5) is 17.3. The highest BCUT2D eigenvalue weighted by molar-refractivity contribution is 5.88. The molecule has 0 radical (unpaired) electrons. The molecule has 1 aromatic heterocycles. The molecule has 1 aromatic carbocycles. The molecule has 2 aromatic rings. The number of benzene rings is 1. The molecule has 118 valence electrons. The fourth-order valence-electron chi connectivity index (χ4n) is 3.04. The van der Waals surface area contributed by atoms with Crippen LogP contribution in [0.15, 0.2) is 24.4 Å². The molecule has 1 amide bonds. The Kier molecular flexibility index (Phi) is 3.85. The molecule has 0 bridgehead atoms. The molecule has 1 aliphatic rings. The third-order valence-electron chi connectivity index (χ3n) is 4.23. The lowest BCUT2D eigenvalue weighted by Gasteiger charge is -2.25. The monoisotopic (exact) mass is 300 g/mol. The fourth-order valence-corrected chi connectivity index (χ4v) is 3.04. The Hall–Kier alpha value is -1.97. The molecule has 1 N–H and O–H groups in total. The largest absolute Gasteiger partial charge is 0.415 e. The highest BCUT2D eigenvalue weighted by Crippen LogP contribution is 2.31. The number of carbonyl (C=O) groups excluding carboxylic acids is 1. The lowest BCUT2D eigenvalue weighted by molar-refractivity contribution is 0.142. The number of amides is 1. The van der Waals surface area contributed by atoms with Gasteiger partial charge in [0, 0.05) is 41.2 Å². The van der Waals surface area contributed by atoms with Gasteiger partial charge in [0.05, 0.1) is 0 Å². The SMILES string of the molecule is CC(C)(C)c1[nH]cc2cc(OC(=O)N3CCCCC3)ccc12. The summed E-state index contributed by atoms with van der Waals surface area (Å²) in [5.41, 5.74) is 1.27. The molecular formula is C18H24N2O2. The van der Waals surface area contributed by atoms with Crippen LogP contribution in [0.1, 0.15) is 45.7 Å². The summed E-state index contributed by atoms with van der Waals surface area (Å²) < 4.78 is 5.53. The van der Waals surface area contributed by atoms with Crippen LogP contribution >= 0.6 is 0 Å². The van der Waals surface area contributed by atoms with Crippen molar-refractivity contribution >= 4 is 16.9 Å². The summed E-state index contributed by atoms with van der Waals surface area (Å²) in [6.07, 6.45) is 5.09. The fraction of sp³-hybridized carbons (Fsp3) is 0.500. The number of H-pyrrole nitrogens is 1. The van der Waals surface area contributed by atoms with E-state index in [9.17, 15) is 4.79 Å². The number of nitrogens with zero attached hydrogens (tertiary/aromatic N) is 1. The van der Waals surface area contributed by atoms with Crippen LogP contribution in [0.25, 0.3) is 10.8 Å². The number of piperidine rings is 1. The van der Waals surface area contributed by atoms with Gasteiger partial charge in [0.1, 0.15) is 5.75 Å². The number of aromatic amines is 1. The molecule has 0 atom stereocenters. The molecule has 1 fully saturated rings. The smallest absolute Gasteiger partial charge is 0.410 e. The van der Waals surface area contributed by atoms with E-state index in [1.807, 2.05) is 24.4 Å². The third kappa shape index (κ3) is 2.96. The molecule has 4 heteroatoms. The van der Waals surface area contributed by atoms with Gasteiger partial charge in [-0.1, -0.05) is 20.8 Å². The van der Waals surface area contributed by atoms with Crippen LogP contribution in [-0.4, -0.2) is 29.1 Å². The molecule has 2 heterocycles. The van der Waals surface area contributed by atoms with Crippen molar-refractivity contribution in [1.29, 1.82) is 0 Å². The zero-order valence-electron chi connectivity index (χ0n) is 13.6. The Morgan fingerprint density at radius 1 is 1.18 bits per heavy atom. The molecule has 3 rings (SSSR count). The van der Waals surface area contributed by atoms with Gasteiger partial charge in [-0.05, 0) is 37.5 Å². The van der Waals surface area contributed by atoms with Crippen LogP contribution in [0.4, 0.5) is 4.79 Å². The average molecular weight is 300 g/mol. The molecule has 0 spiro atoms. The predicted octanol–water partition coefficient (Wildman–Crippen LogP) is 4.45. The van der Waals surface area contributed by atoms with Gasteiger partial charge in [-0.25, -0.2) is 4.79 Å². The minimum atomic E-state index is -0.231. The van der Waals surface area contributed by atoms with Crippen molar-refractivity contribution in [3.05, 3.63) is 30.1 Å². The molecule has 0 unspecified atom stereocenters. The lowest BCUT2D eigenvalue weighted by atomic mass is 9.90. The topological polar surface area (TPSA) is 45.3 Å². The molecule has 0 saturated carbocycles. The second kappa shape index (κ2) is 5.67. The predicted molar refractivity (Wildman–Crippen MR) is 88.4 cm³/mol. The van der Waals surface area contributed by atoms with Gasteiger partial charge in [0.25, 0.3) is 0 Å². The summed E-state index contributed by atoms with van der Waals surface area (Å²) >= 11 is 0. The molecule has 1 aliphatic heterocycles. The van der Waals surface area contributed by atoms with E-state index in [0.29, 0.717) is 5.75 Å². The lowest BCUT2D eigenvalue weighted by Crippen LogP contribution is -2.37. The van der Waals surface area contributed by atoms with Crippen LogP contribution < -0.4 is 4.74 Å². The van der Waals surface area contributed by atoms with E-state index in [2.05, 4.69) is 25.8 Å². The van der Waals surface area contributed by atoms with Crippen molar-refractivity contribution in [2.75, 3.05) is 13.1 Å². The van der Waals surface area contributed by atoms with Gasteiger partial charge in [-0.2, -0.15) is 0 Å². The van der Waals surface area contributed by atoms with Crippen LogP contribution in [-0.2, 0) is 5.41 Å². The van der Waals surface area contributed by atoms with Crippen molar-refractivity contribution < 1.29 is 9.53 Å². The van der Waals surface area contributed by atoms with E-state index < -0.39 is 0 Å². The molecule has 1 saturated heterocycles. The number of ether oxygens (including phenoxy) is 1. The first-order valence-electron chi connectivity index (χ1n) is 8.03.